The number of hydrogen-bond acceptors (Lipinski definition) is 5. The third kappa shape index (κ3) is 7.51. The number of likely N-dealkylation sites (N-methyl/N-ethyl adjacent to an activating group) is 2. The average Bonchev–Trinajstić information content (AvgIpc) is 2.78. The maximum absolute atomic E-state index is 12.1. The van der Waals surface area contributed by atoms with Crippen LogP contribution in [0.15, 0.2) is 29.3 Å². The first kappa shape index (κ1) is 26.2. The van der Waals surface area contributed by atoms with E-state index in [4.69, 9.17) is 4.74 Å². The standard InChI is InChI=1S/C22H34N6O3.HI/c1-23-20(29)15-28-11-8-16(9-12-28)25-22(24-14-21(30)27(2)3)26-18-10-13-31-19-7-5-4-6-17(18)19;/h4-7,16,18H,8-15H2,1-3H3,(H,23,29)(H2,24,25,26);1H. The molecule has 2 heterocycles. The lowest BCUT2D eigenvalue weighted by Gasteiger charge is -2.34. The number of hydrogen-bond donors (Lipinski definition) is 3. The Bertz CT molecular complexity index is 796. The number of amides is 2. The number of fused-ring (bicyclic) bond motifs is 1. The van der Waals surface area contributed by atoms with Crippen molar-refractivity contribution in [3.8, 4) is 5.75 Å². The first-order chi connectivity index (χ1) is 15.0. The van der Waals surface area contributed by atoms with Crippen LogP contribution in [-0.2, 0) is 9.59 Å². The zero-order valence-corrected chi connectivity index (χ0v) is 21.4. The fourth-order valence-corrected chi connectivity index (χ4v) is 3.79. The summed E-state index contributed by atoms with van der Waals surface area (Å²) in [6.45, 7) is 2.84. The van der Waals surface area contributed by atoms with Gasteiger partial charge in [0.1, 0.15) is 12.3 Å². The molecule has 3 N–H and O–H groups in total. The number of nitrogens with zero attached hydrogens (tertiary/aromatic N) is 3. The number of carbonyl (C=O) groups excluding carboxylic acids is 2. The summed E-state index contributed by atoms with van der Waals surface area (Å²) in [6.07, 6.45) is 2.64. The Morgan fingerprint density at radius 2 is 1.88 bits per heavy atom. The molecule has 3 rings (SSSR count). The Kier molecular flexibility index (Phi) is 10.5. The zero-order valence-electron chi connectivity index (χ0n) is 19.1. The molecule has 0 saturated carbocycles. The van der Waals surface area contributed by atoms with Gasteiger partial charge in [-0.25, -0.2) is 4.99 Å². The molecule has 1 unspecified atom stereocenters. The Hall–Kier alpha value is -2.08. The van der Waals surface area contributed by atoms with E-state index in [1.165, 1.54) is 0 Å². The van der Waals surface area contributed by atoms with Crippen LogP contribution in [0.5, 0.6) is 5.75 Å². The molecular weight excluding hydrogens is 523 g/mol. The number of para-hydroxylation sites is 1. The van der Waals surface area contributed by atoms with Crippen LogP contribution in [0.3, 0.4) is 0 Å². The third-order valence-corrected chi connectivity index (χ3v) is 5.72. The molecule has 1 aromatic rings. The number of ether oxygens (including phenoxy) is 1. The highest BCUT2D eigenvalue weighted by Crippen LogP contribution is 2.31. The van der Waals surface area contributed by atoms with Crippen LogP contribution >= 0.6 is 24.0 Å². The van der Waals surface area contributed by atoms with Gasteiger partial charge in [0.25, 0.3) is 0 Å². The number of nitrogens with one attached hydrogen (secondary N) is 3. The van der Waals surface area contributed by atoms with Crippen molar-refractivity contribution in [1.82, 2.24) is 25.8 Å². The quantitative estimate of drug-likeness (QED) is 0.274. The van der Waals surface area contributed by atoms with Crippen LogP contribution in [-0.4, -0.2) is 87.5 Å². The lowest BCUT2D eigenvalue weighted by atomic mass is 10.0. The number of benzene rings is 1. The van der Waals surface area contributed by atoms with Crippen molar-refractivity contribution in [1.29, 1.82) is 0 Å². The predicted octanol–water partition coefficient (Wildman–Crippen LogP) is 0.962. The number of piperidine rings is 1. The average molecular weight is 558 g/mol. The van der Waals surface area contributed by atoms with Gasteiger partial charge in [-0.1, -0.05) is 18.2 Å². The molecule has 0 bridgehead atoms. The van der Waals surface area contributed by atoms with E-state index in [-0.39, 0.29) is 54.4 Å². The summed E-state index contributed by atoms with van der Waals surface area (Å²) < 4.78 is 5.77. The lowest BCUT2D eigenvalue weighted by molar-refractivity contribution is -0.127. The summed E-state index contributed by atoms with van der Waals surface area (Å²) >= 11 is 0. The molecule has 1 saturated heterocycles. The second-order valence-electron chi connectivity index (χ2n) is 8.19. The van der Waals surface area contributed by atoms with E-state index in [2.05, 4.69) is 31.9 Å². The summed E-state index contributed by atoms with van der Waals surface area (Å²) in [5.41, 5.74) is 1.10. The van der Waals surface area contributed by atoms with E-state index in [0.717, 1.165) is 43.7 Å². The summed E-state index contributed by atoms with van der Waals surface area (Å²) in [6, 6.07) is 8.31. The van der Waals surface area contributed by atoms with Gasteiger partial charge in [-0.15, -0.1) is 24.0 Å². The fraction of sp³-hybridized carbons (Fsp3) is 0.591. The number of likely N-dealkylation sites (tertiary alicyclic amines) is 1. The molecule has 1 fully saturated rings. The monoisotopic (exact) mass is 558 g/mol. The maximum Gasteiger partial charge on any atom is 0.243 e. The van der Waals surface area contributed by atoms with Gasteiger partial charge in [0.15, 0.2) is 5.96 Å². The molecular formula is C22H35IN6O3. The van der Waals surface area contributed by atoms with Gasteiger partial charge in [0.05, 0.1) is 19.2 Å². The number of rotatable bonds is 6. The minimum atomic E-state index is -0.0473. The van der Waals surface area contributed by atoms with E-state index in [1.54, 1.807) is 26.0 Å². The maximum atomic E-state index is 12.1. The van der Waals surface area contributed by atoms with E-state index in [0.29, 0.717) is 19.1 Å². The van der Waals surface area contributed by atoms with Gasteiger partial charge in [0, 0.05) is 52.3 Å². The second kappa shape index (κ2) is 12.8. The molecule has 10 heteroatoms. The Morgan fingerprint density at radius 1 is 1.16 bits per heavy atom. The number of aliphatic imine (C=N–C) groups is 1. The summed E-state index contributed by atoms with van der Waals surface area (Å²) in [5.74, 6) is 1.52. The van der Waals surface area contributed by atoms with Crippen molar-refractivity contribution in [2.75, 3.05) is 53.9 Å². The van der Waals surface area contributed by atoms with Crippen LogP contribution in [0.2, 0.25) is 0 Å². The SMILES string of the molecule is CNC(=O)CN1CCC(NC(=NCC(=O)N(C)C)NC2CCOc3ccccc32)CC1.I. The van der Waals surface area contributed by atoms with Gasteiger partial charge < -0.3 is 25.6 Å². The van der Waals surface area contributed by atoms with Crippen molar-refractivity contribution in [2.24, 2.45) is 4.99 Å². The molecule has 2 aliphatic rings. The molecule has 0 aromatic heterocycles. The van der Waals surface area contributed by atoms with Gasteiger partial charge in [-0.3, -0.25) is 14.5 Å². The fourth-order valence-electron chi connectivity index (χ4n) is 3.79. The van der Waals surface area contributed by atoms with E-state index >= 15 is 0 Å². The third-order valence-electron chi connectivity index (χ3n) is 5.72. The highest BCUT2D eigenvalue weighted by molar-refractivity contribution is 14.0. The molecule has 0 spiro atoms. The predicted molar refractivity (Wildman–Crippen MR) is 136 cm³/mol. The molecule has 1 atom stereocenters. The second-order valence-corrected chi connectivity index (χ2v) is 8.19. The van der Waals surface area contributed by atoms with E-state index in [1.807, 2.05) is 18.2 Å². The molecule has 178 valence electrons. The first-order valence-electron chi connectivity index (χ1n) is 10.9. The normalized spacial score (nSPS) is 19.1. The topological polar surface area (TPSA) is 98.3 Å². The minimum Gasteiger partial charge on any atom is -0.493 e. The largest absolute Gasteiger partial charge is 0.493 e. The molecule has 0 aliphatic carbocycles. The number of carbonyl (C=O) groups is 2. The van der Waals surface area contributed by atoms with Gasteiger partial charge >= 0.3 is 0 Å². The van der Waals surface area contributed by atoms with Gasteiger partial charge in [-0.05, 0) is 18.9 Å². The van der Waals surface area contributed by atoms with Gasteiger partial charge in [0.2, 0.25) is 11.8 Å². The van der Waals surface area contributed by atoms with E-state index in [9.17, 15) is 9.59 Å². The summed E-state index contributed by atoms with van der Waals surface area (Å²) in [7, 11) is 5.12. The summed E-state index contributed by atoms with van der Waals surface area (Å²) in [4.78, 5) is 32.0. The highest BCUT2D eigenvalue weighted by Gasteiger charge is 2.25. The summed E-state index contributed by atoms with van der Waals surface area (Å²) in [5, 5.41) is 9.71. The first-order valence-corrected chi connectivity index (χ1v) is 10.9. The molecule has 1 aromatic carbocycles. The Morgan fingerprint density at radius 3 is 2.56 bits per heavy atom. The smallest absolute Gasteiger partial charge is 0.243 e. The Balaban J connectivity index is 0.00000363. The van der Waals surface area contributed by atoms with Crippen molar-refractivity contribution in [3.63, 3.8) is 0 Å². The zero-order chi connectivity index (χ0) is 22.2. The van der Waals surface area contributed by atoms with Crippen LogP contribution in [0.1, 0.15) is 30.9 Å². The van der Waals surface area contributed by atoms with Crippen molar-refractivity contribution in [3.05, 3.63) is 29.8 Å². The van der Waals surface area contributed by atoms with Crippen LogP contribution in [0, 0.1) is 0 Å². The van der Waals surface area contributed by atoms with E-state index < -0.39 is 0 Å². The molecule has 0 radical (unpaired) electrons. The molecule has 2 amide bonds. The molecule has 9 nitrogen and oxygen atoms in total. The highest BCUT2D eigenvalue weighted by atomic mass is 127. The molecule has 2 aliphatic heterocycles. The van der Waals surface area contributed by atoms with Crippen molar-refractivity contribution >= 4 is 41.8 Å². The van der Waals surface area contributed by atoms with Crippen molar-refractivity contribution in [2.45, 2.75) is 31.3 Å². The molecule has 32 heavy (non-hydrogen) atoms. The number of guanidine groups is 1. The van der Waals surface area contributed by atoms with Gasteiger partial charge in [-0.2, -0.15) is 0 Å². The van der Waals surface area contributed by atoms with Crippen molar-refractivity contribution < 1.29 is 14.3 Å². The lowest BCUT2D eigenvalue weighted by Crippen LogP contribution is -2.51. The Labute approximate surface area is 207 Å². The minimum absolute atomic E-state index is 0. The van der Waals surface area contributed by atoms with Crippen LogP contribution < -0.4 is 20.7 Å². The van der Waals surface area contributed by atoms with Crippen LogP contribution in [0.25, 0.3) is 0 Å². The number of halogens is 1. The van der Waals surface area contributed by atoms with Crippen LogP contribution in [0.4, 0.5) is 0 Å².